The van der Waals surface area contributed by atoms with Gasteiger partial charge < -0.3 is 9.47 Å². The van der Waals surface area contributed by atoms with Crippen LogP contribution >= 0.6 is 0 Å². The van der Waals surface area contributed by atoms with E-state index in [-0.39, 0.29) is 17.0 Å². The lowest BCUT2D eigenvalue weighted by Gasteiger charge is -2.08. The number of benzene rings is 2. The minimum absolute atomic E-state index is 0.0785. The van der Waals surface area contributed by atoms with E-state index in [0.29, 0.717) is 24.4 Å². The Labute approximate surface area is 121 Å². The van der Waals surface area contributed by atoms with Gasteiger partial charge in [0.05, 0.1) is 11.5 Å². The van der Waals surface area contributed by atoms with Crippen molar-refractivity contribution < 1.29 is 19.2 Å². The van der Waals surface area contributed by atoms with E-state index in [1.165, 1.54) is 18.2 Å². The Morgan fingerprint density at radius 3 is 2.38 bits per heavy atom. The Balaban J connectivity index is 2.26. The van der Waals surface area contributed by atoms with Gasteiger partial charge in [-0.05, 0) is 43.3 Å². The molecular weight excluding hydrogens is 274 g/mol. The fourth-order valence-electron chi connectivity index (χ4n) is 1.73. The van der Waals surface area contributed by atoms with Gasteiger partial charge in [-0.25, -0.2) is 0 Å². The Morgan fingerprint density at radius 2 is 1.81 bits per heavy atom. The summed E-state index contributed by atoms with van der Waals surface area (Å²) in [5, 5.41) is 11.0. The molecule has 0 aliphatic heterocycles. The molecule has 0 bridgehead atoms. The molecule has 0 aromatic heterocycles. The van der Waals surface area contributed by atoms with Crippen LogP contribution < -0.4 is 9.47 Å². The fraction of sp³-hybridized carbons (Fsp3) is 0.133. The third kappa shape index (κ3) is 3.56. The van der Waals surface area contributed by atoms with Crippen molar-refractivity contribution in [2.24, 2.45) is 0 Å². The molecule has 2 rings (SSSR count). The molecule has 0 unspecified atom stereocenters. The highest BCUT2D eigenvalue weighted by Gasteiger charge is 2.16. The largest absolute Gasteiger partial charge is 0.494 e. The Morgan fingerprint density at radius 1 is 1.14 bits per heavy atom. The molecule has 2 aromatic rings. The number of carbonyl (C=O) groups is 1. The average Bonchev–Trinajstić information content (AvgIpc) is 2.49. The van der Waals surface area contributed by atoms with Crippen molar-refractivity contribution in [3.05, 3.63) is 58.1 Å². The lowest BCUT2D eigenvalue weighted by Crippen LogP contribution is -1.95. The van der Waals surface area contributed by atoms with Crippen LogP contribution in [0.4, 0.5) is 5.69 Å². The number of rotatable bonds is 6. The predicted molar refractivity (Wildman–Crippen MR) is 76.2 cm³/mol. The average molecular weight is 287 g/mol. The molecule has 0 spiro atoms. The molecule has 0 saturated heterocycles. The van der Waals surface area contributed by atoms with Gasteiger partial charge in [-0.2, -0.15) is 0 Å². The second kappa shape index (κ2) is 6.51. The van der Waals surface area contributed by atoms with Gasteiger partial charge in [0.15, 0.2) is 0 Å². The first-order valence-corrected chi connectivity index (χ1v) is 6.28. The quantitative estimate of drug-likeness (QED) is 0.461. The summed E-state index contributed by atoms with van der Waals surface area (Å²) in [4.78, 5) is 21.1. The molecule has 6 nitrogen and oxygen atoms in total. The molecule has 0 saturated carbocycles. The minimum atomic E-state index is -0.586. The Bertz CT molecular complexity index is 652. The van der Waals surface area contributed by atoms with E-state index in [1.54, 1.807) is 24.3 Å². The summed E-state index contributed by atoms with van der Waals surface area (Å²) in [6.45, 7) is 2.43. The summed E-state index contributed by atoms with van der Waals surface area (Å²) in [6.07, 6.45) is 0.549. The number of nitrogens with zero attached hydrogens (tertiary/aromatic N) is 1. The molecule has 2 aromatic carbocycles. The SMILES string of the molecule is CCOc1ccc(Oc2ccc(C=O)cc2[N+](=O)[O-])cc1. The van der Waals surface area contributed by atoms with Crippen molar-refractivity contribution in [3.8, 4) is 17.2 Å². The fourth-order valence-corrected chi connectivity index (χ4v) is 1.73. The second-order valence-corrected chi connectivity index (χ2v) is 4.11. The summed E-state index contributed by atoms with van der Waals surface area (Å²) in [5.74, 6) is 1.21. The van der Waals surface area contributed by atoms with E-state index >= 15 is 0 Å². The van der Waals surface area contributed by atoms with Gasteiger partial charge in [0.2, 0.25) is 5.75 Å². The standard InChI is InChI=1S/C15H13NO5/c1-2-20-12-4-6-13(7-5-12)21-15-8-3-11(10-17)9-14(15)16(18)19/h3-10H,2H2,1H3. The molecule has 108 valence electrons. The van der Waals surface area contributed by atoms with Crippen LogP contribution in [0.3, 0.4) is 0 Å². The monoisotopic (exact) mass is 287 g/mol. The molecule has 0 aliphatic rings. The third-order valence-electron chi connectivity index (χ3n) is 2.68. The maximum atomic E-state index is 11.0. The van der Waals surface area contributed by atoms with Gasteiger partial charge >= 0.3 is 5.69 Å². The lowest BCUT2D eigenvalue weighted by molar-refractivity contribution is -0.385. The van der Waals surface area contributed by atoms with Crippen molar-refractivity contribution in [2.75, 3.05) is 6.61 Å². The van der Waals surface area contributed by atoms with Gasteiger partial charge in [0.1, 0.15) is 17.8 Å². The number of ether oxygens (including phenoxy) is 2. The van der Waals surface area contributed by atoms with Crippen LogP contribution in [0.5, 0.6) is 17.2 Å². The summed E-state index contributed by atoms with van der Waals surface area (Å²) in [5.41, 5.74) is -0.0331. The van der Waals surface area contributed by atoms with E-state index in [2.05, 4.69) is 0 Å². The second-order valence-electron chi connectivity index (χ2n) is 4.11. The number of aldehydes is 1. The van der Waals surface area contributed by atoms with Crippen molar-refractivity contribution in [3.63, 3.8) is 0 Å². The van der Waals surface area contributed by atoms with Crippen LogP contribution in [0.15, 0.2) is 42.5 Å². The molecule has 0 atom stereocenters. The minimum Gasteiger partial charge on any atom is -0.494 e. The molecule has 0 radical (unpaired) electrons. The zero-order valence-corrected chi connectivity index (χ0v) is 11.3. The molecular formula is C15H13NO5. The Hall–Kier alpha value is -2.89. The molecule has 0 heterocycles. The molecule has 0 amide bonds. The summed E-state index contributed by atoms with van der Waals surface area (Å²) < 4.78 is 10.8. The first-order valence-electron chi connectivity index (χ1n) is 6.28. The van der Waals surface area contributed by atoms with E-state index in [9.17, 15) is 14.9 Å². The highest BCUT2D eigenvalue weighted by Crippen LogP contribution is 2.32. The van der Waals surface area contributed by atoms with Gasteiger partial charge in [0.25, 0.3) is 0 Å². The van der Waals surface area contributed by atoms with Crippen LogP contribution in [-0.4, -0.2) is 17.8 Å². The smallest absolute Gasteiger partial charge is 0.312 e. The maximum absolute atomic E-state index is 11.0. The van der Waals surface area contributed by atoms with Crippen molar-refractivity contribution in [2.45, 2.75) is 6.92 Å². The molecule has 0 aliphatic carbocycles. The van der Waals surface area contributed by atoms with Crippen molar-refractivity contribution in [1.82, 2.24) is 0 Å². The first-order chi connectivity index (χ1) is 10.1. The summed E-state index contributed by atoms with van der Waals surface area (Å²) in [6, 6.07) is 10.8. The van der Waals surface area contributed by atoms with E-state index in [1.807, 2.05) is 6.92 Å². The van der Waals surface area contributed by atoms with Crippen molar-refractivity contribution >= 4 is 12.0 Å². The lowest BCUT2D eigenvalue weighted by atomic mass is 10.2. The zero-order chi connectivity index (χ0) is 15.2. The van der Waals surface area contributed by atoms with Crippen LogP contribution in [0.25, 0.3) is 0 Å². The van der Waals surface area contributed by atoms with Crippen LogP contribution in [0, 0.1) is 10.1 Å². The number of nitro benzene ring substituents is 1. The number of carbonyl (C=O) groups excluding carboxylic acids is 1. The third-order valence-corrected chi connectivity index (χ3v) is 2.68. The molecule has 21 heavy (non-hydrogen) atoms. The predicted octanol–water partition coefficient (Wildman–Crippen LogP) is 3.60. The Kier molecular flexibility index (Phi) is 4.50. The van der Waals surface area contributed by atoms with Crippen LogP contribution in [0.2, 0.25) is 0 Å². The van der Waals surface area contributed by atoms with Crippen LogP contribution in [0.1, 0.15) is 17.3 Å². The summed E-state index contributed by atoms with van der Waals surface area (Å²) >= 11 is 0. The van der Waals surface area contributed by atoms with E-state index in [0.717, 1.165) is 0 Å². The number of hydrogen-bond acceptors (Lipinski definition) is 5. The van der Waals surface area contributed by atoms with E-state index in [4.69, 9.17) is 9.47 Å². The maximum Gasteiger partial charge on any atom is 0.312 e. The summed E-state index contributed by atoms with van der Waals surface area (Å²) in [7, 11) is 0. The highest BCUT2D eigenvalue weighted by atomic mass is 16.6. The van der Waals surface area contributed by atoms with Gasteiger partial charge in [-0.15, -0.1) is 0 Å². The van der Waals surface area contributed by atoms with Crippen molar-refractivity contribution in [1.29, 1.82) is 0 Å². The molecule has 6 heteroatoms. The molecule has 0 fully saturated rings. The highest BCUT2D eigenvalue weighted by molar-refractivity contribution is 5.77. The van der Waals surface area contributed by atoms with Gasteiger partial charge in [-0.3, -0.25) is 14.9 Å². The normalized spacial score (nSPS) is 9.95. The number of nitro groups is 1. The zero-order valence-electron chi connectivity index (χ0n) is 11.3. The topological polar surface area (TPSA) is 78.7 Å². The van der Waals surface area contributed by atoms with E-state index < -0.39 is 4.92 Å². The van der Waals surface area contributed by atoms with Gasteiger partial charge in [0, 0.05) is 11.6 Å². The number of hydrogen-bond donors (Lipinski definition) is 0. The molecule has 0 N–H and O–H groups in total. The van der Waals surface area contributed by atoms with Gasteiger partial charge in [-0.1, -0.05) is 0 Å². The van der Waals surface area contributed by atoms with Crippen LogP contribution in [-0.2, 0) is 0 Å². The first kappa shape index (κ1) is 14.5.